The molecule has 0 amide bonds. The zero-order chi connectivity index (χ0) is 15.6. The molecule has 1 spiro atoms. The molecule has 0 unspecified atom stereocenters. The summed E-state index contributed by atoms with van der Waals surface area (Å²) in [6.45, 7) is 2.13. The SMILES string of the molecule is CN(C)c1noc(CN2CCC[C@@]3(CCCCO3)[C@H]2C#N)n1. The summed E-state index contributed by atoms with van der Waals surface area (Å²) < 4.78 is 11.4. The summed E-state index contributed by atoms with van der Waals surface area (Å²) in [6, 6.07) is 2.23. The molecular formula is C15H23N5O2. The minimum absolute atomic E-state index is 0.240. The zero-order valence-electron chi connectivity index (χ0n) is 13.3. The van der Waals surface area contributed by atoms with Crippen molar-refractivity contribution in [3.8, 4) is 6.07 Å². The maximum atomic E-state index is 9.70. The molecule has 2 atom stereocenters. The Morgan fingerprint density at radius 1 is 1.36 bits per heavy atom. The highest BCUT2D eigenvalue weighted by molar-refractivity contribution is 5.23. The van der Waals surface area contributed by atoms with Crippen LogP contribution in [0.5, 0.6) is 0 Å². The highest BCUT2D eigenvalue weighted by atomic mass is 16.5. The molecule has 2 aliphatic rings. The molecule has 3 heterocycles. The number of likely N-dealkylation sites (tertiary alicyclic amines) is 1. The Morgan fingerprint density at radius 2 is 2.18 bits per heavy atom. The van der Waals surface area contributed by atoms with Crippen molar-refractivity contribution in [1.29, 1.82) is 5.26 Å². The lowest BCUT2D eigenvalue weighted by Gasteiger charge is -2.48. The van der Waals surface area contributed by atoms with E-state index in [-0.39, 0.29) is 11.6 Å². The number of rotatable bonds is 3. The van der Waals surface area contributed by atoms with Crippen LogP contribution in [0.4, 0.5) is 5.95 Å². The Labute approximate surface area is 130 Å². The van der Waals surface area contributed by atoms with Crippen LogP contribution in [0.15, 0.2) is 4.52 Å². The van der Waals surface area contributed by atoms with Crippen LogP contribution in [0, 0.1) is 11.3 Å². The Morgan fingerprint density at radius 3 is 2.82 bits per heavy atom. The Bertz CT molecular complexity index is 539. The fourth-order valence-corrected chi connectivity index (χ4v) is 3.50. The molecule has 22 heavy (non-hydrogen) atoms. The van der Waals surface area contributed by atoms with Crippen LogP contribution >= 0.6 is 0 Å². The average molecular weight is 305 g/mol. The number of ether oxygens (including phenoxy) is 1. The zero-order valence-corrected chi connectivity index (χ0v) is 13.3. The van der Waals surface area contributed by atoms with E-state index in [1.807, 2.05) is 14.1 Å². The van der Waals surface area contributed by atoms with Crippen LogP contribution in [-0.2, 0) is 11.3 Å². The van der Waals surface area contributed by atoms with E-state index in [0.717, 1.165) is 45.3 Å². The molecular weight excluding hydrogens is 282 g/mol. The molecule has 120 valence electrons. The molecule has 1 aromatic heterocycles. The molecule has 2 aliphatic heterocycles. The summed E-state index contributed by atoms with van der Waals surface area (Å²) in [7, 11) is 3.75. The van der Waals surface area contributed by atoms with Crippen molar-refractivity contribution < 1.29 is 9.26 Å². The third-order valence-corrected chi connectivity index (χ3v) is 4.61. The number of nitriles is 1. The van der Waals surface area contributed by atoms with Crippen LogP contribution in [-0.4, -0.2) is 53.9 Å². The van der Waals surface area contributed by atoms with E-state index in [4.69, 9.17) is 9.26 Å². The van der Waals surface area contributed by atoms with E-state index in [0.29, 0.717) is 18.4 Å². The van der Waals surface area contributed by atoms with Gasteiger partial charge in [0.2, 0.25) is 5.89 Å². The molecule has 0 saturated carbocycles. The Balaban J connectivity index is 1.75. The van der Waals surface area contributed by atoms with Gasteiger partial charge in [0.25, 0.3) is 5.95 Å². The highest BCUT2D eigenvalue weighted by Gasteiger charge is 2.47. The number of hydrogen-bond donors (Lipinski definition) is 0. The quantitative estimate of drug-likeness (QED) is 0.838. The van der Waals surface area contributed by atoms with Crippen molar-refractivity contribution in [3.63, 3.8) is 0 Å². The number of hydrogen-bond acceptors (Lipinski definition) is 7. The van der Waals surface area contributed by atoms with Gasteiger partial charge < -0.3 is 14.2 Å². The van der Waals surface area contributed by atoms with E-state index in [2.05, 4.69) is 21.1 Å². The lowest BCUT2D eigenvalue weighted by Crippen LogP contribution is -2.58. The molecule has 0 N–H and O–H groups in total. The van der Waals surface area contributed by atoms with Gasteiger partial charge in [-0.2, -0.15) is 10.2 Å². The topological polar surface area (TPSA) is 78.4 Å². The molecule has 2 fully saturated rings. The van der Waals surface area contributed by atoms with Gasteiger partial charge in [0.1, 0.15) is 6.04 Å². The minimum Gasteiger partial charge on any atom is -0.372 e. The van der Waals surface area contributed by atoms with Gasteiger partial charge in [0.05, 0.1) is 18.2 Å². The van der Waals surface area contributed by atoms with Gasteiger partial charge in [-0.3, -0.25) is 4.90 Å². The van der Waals surface area contributed by atoms with Crippen molar-refractivity contribution in [2.75, 3.05) is 32.1 Å². The van der Waals surface area contributed by atoms with E-state index >= 15 is 0 Å². The molecule has 2 saturated heterocycles. The molecule has 7 nitrogen and oxygen atoms in total. The molecule has 0 aliphatic carbocycles. The summed E-state index contributed by atoms with van der Waals surface area (Å²) in [5.41, 5.74) is -0.310. The molecule has 0 radical (unpaired) electrons. The third kappa shape index (κ3) is 2.81. The van der Waals surface area contributed by atoms with Gasteiger partial charge in [0, 0.05) is 27.2 Å². The van der Waals surface area contributed by atoms with Crippen LogP contribution in [0.3, 0.4) is 0 Å². The molecule has 0 bridgehead atoms. The van der Waals surface area contributed by atoms with Gasteiger partial charge in [-0.05, 0) is 37.3 Å². The first-order valence-corrected chi connectivity index (χ1v) is 7.92. The van der Waals surface area contributed by atoms with Gasteiger partial charge in [-0.15, -0.1) is 0 Å². The minimum atomic E-state index is -0.310. The third-order valence-electron chi connectivity index (χ3n) is 4.61. The van der Waals surface area contributed by atoms with Crippen molar-refractivity contribution in [2.45, 2.75) is 50.3 Å². The van der Waals surface area contributed by atoms with Crippen LogP contribution in [0.2, 0.25) is 0 Å². The van der Waals surface area contributed by atoms with Crippen molar-refractivity contribution >= 4 is 5.95 Å². The predicted octanol–water partition coefficient (Wildman–Crippen LogP) is 1.56. The monoisotopic (exact) mass is 305 g/mol. The molecule has 3 rings (SSSR count). The standard InChI is InChI=1S/C15H23N5O2/c1-19(2)14-17-13(22-18-14)11-20-8-5-7-15(12(20)10-16)6-3-4-9-21-15/h12H,3-9,11H2,1-2H3/t12-,15+/m1/s1. The smallest absolute Gasteiger partial charge is 0.265 e. The van der Waals surface area contributed by atoms with E-state index in [1.54, 1.807) is 4.90 Å². The first-order chi connectivity index (χ1) is 10.6. The number of aromatic nitrogens is 2. The summed E-state index contributed by atoms with van der Waals surface area (Å²) in [4.78, 5) is 8.29. The van der Waals surface area contributed by atoms with Crippen molar-refractivity contribution in [2.24, 2.45) is 0 Å². The van der Waals surface area contributed by atoms with E-state index in [1.165, 1.54) is 0 Å². The second kappa shape index (κ2) is 6.23. The first kappa shape index (κ1) is 15.3. The maximum Gasteiger partial charge on any atom is 0.265 e. The van der Waals surface area contributed by atoms with E-state index in [9.17, 15) is 5.26 Å². The molecule has 7 heteroatoms. The average Bonchev–Trinajstić information content (AvgIpc) is 2.97. The molecule has 0 aromatic carbocycles. The summed E-state index contributed by atoms with van der Waals surface area (Å²) in [6.07, 6.45) is 5.20. The number of nitrogens with zero attached hydrogens (tertiary/aromatic N) is 5. The Hall–Kier alpha value is -1.65. The summed E-state index contributed by atoms with van der Waals surface area (Å²) in [5, 5.41) is 13.6. The number of anilines is 1. The Kier molecular flexibility index (Phi) is 4.32. The predicted molar refractivity (Wildman–Crippen MR) is 80.2 cm³/mol. The van der Waals surface area contributed by atoms with Gasteiger partial charge in [-0.25, -0.2) is 0 Å². The normalized spacial score (nSPS) is 29.4. The fourth-order valence-electron chi connectivity index (χ4n) is 3.50. The van der Waals surface area contributed by atoms with Crippen LogP contribution in [0.1, 0.15) is 38.0 Å². The lowest BCUT2D eigenvalue weighted by molar-refractivity contribution is -0.139. The maximum absolute atomic E-state index is 9.70. The highest BCUT2D eigenvalue weighted by Crippen LogP contribution is 2.38. The van der Waals surface area contributed by atoms with Gasteiger partial charge >= 0.3 is 0 Å². The van der Waals surface area contributed by atoms with Crippen LogP contribution < -0.4 is 4.90 Å². The van der Waals surface area contributed by atoms with Crippen molar-refractivity contribution in [1.82, 2.24) is 15.0 Å². The van der Waals surface area contributed by atoms with E-state index < -0.39 is 0 Å². The summed E-state index contributed by atoms with van der Waals surface area (Å²) in [5.74, 6) is 1.11. The van der Waals surface area contributed by atoms with Gasteiger partial charge in [0.15, 0.2) is 0 Å². The van der Waals surface area contributed by atoms with Gasteiger partial charge in [-0.1, -0.05) is 0 Å². The molecule has 1 aromatic rings. The second-order valence-corrected chi connectivity index (χ2v) is 6.36. The fraction of sp³-hybridized carbons (Fsp3) is 0.800. The lowest BCUT2D eigenvalue weighted by atomic mass is 9.79. The van der Waals surface area contributed by atoms with Crippen LogP contribution in [0.25, 0.3) is 0 Å². The second-order valence-electron chi connectivity index (χ2n) is 6.36. The largest absolute Gasteiger partial charge is 0.372 e. The van der Waals surface area contributed by atoms with Crippen molar-refractivity contribution in [3.05, 3.63) is 5.89 Å². The number of piperidine rings is 1. The summed E-state index contributed by atoms with van der Waals surface area (Å²) >= 11 is 0. The first-order valence-electron chi connectivity index (χ1n) is 7.92.